The van der Waals surface area contributed by atoms with Gasteiger partial charge in [0.1, 0.15) is 5.75 Å². The smallest absolute Gasteiger partial charge is 0.416 e. The summed E-state index contributed by atoms with van der Waals surface area (Å²) < 4.78 is 43.8. The van der Waals surface area contributed by atoms with Gasteiger partial charge in [0, 0.05) is 11.1 Å². The van der Waals surface area contributed by atoms with Crippen molar-refractivity contribution in [1.29, 1.82) is 0 Å². The molecule has 0 saturated carbocycles. The van der Waals surface area contributed by atoms with Crippen LogP contribution in [0.2, 0.25) is 0 Å². The van der Waals surface area contributed by atoms with Crippen LogP contribution in [0.5, 0.6) is 5.75 Å². The first-order valence-electron chi connectivity index (χ1n) is 9.42. The van der Waals surface area contributed by atoms with Crippen molar-refractivity contribution in [3.8, 4) is 5.75 Å². The summed E-state index contributed by atoms with van der Waals surface area (Å²) in [6, 6.07) is 22.0. The third kappa shape index (κ3) is 5.20. The highest BCUT2D eigenvalue weighted by Gasteiger charge is 2.30. The standard InChI is InChI=1S/C24H22F3NO2/c1-23(2,17-7-4-3-5-8-17)18-11-13-21(14-12-18)30-16-22(29)28-20-10-6-9-19(15-20)24(25,26)27/h3-15H,16H2,1-2H3,(H,28,29). The van der Waals surface area contributed by atoms with E-state index in [0.717, 1.165) is 17.7 Å². The van der Waals surface area contributed by atoms with E-state index in [1.807, 2.05) is 30.3 Å². The van der Waals surface area contributed by atoms with Crippen molar-refractivity contribution in [3.63, 3.8) is 0 Å². The van der Waals surface area contributed by atoms with Gasteiger partial charge in [-0.1, -0.05) is 62.4 Å². The normalized spacial score (nSPS) is 11.8. The molecule has 0 spiro atoms. The van der Waals surface area contributed by atoms with E-state index < -0.39 is 17.6 Å². The van der Waals surface area contributed by atoms with Crippen LogP contribution in [0.3, 0.4) is 0 Å². The van der Waals surface area contributed by atoms with Gasteiger partial charge in [0.25, 0.3) is 5.91 Å². The van der Waals surface area contributed by atoms with Crippen LogP contribution >= 0.6 is 0 Å². The van der Waals surface area contributed by atoms with Crippen molar-refractivity contribution in [3.05, 3.63) is 95.6 Å². The molecule has 0 fully saturated rings. The first kappa shape index (κ1) is 21.4. The van der Waals surface area contributed by atoms with Gasteiger partial charge in [-0.15, -0.1) is 0 Å². The molecule has 0 aliphatic heterocycles. The second-order valence-corrected chi connectivity index (χ2v) is 7.43. The van der Waals surface area contributed by atoms with E-state index in [0.29, 0.717) is 5.75 Å². The van der Waals surface area contributed by atoms with Gasteiger partial charge in [-0.25, -0.2) is 0 Å². The van der Waals surface area contributed by atoms with Gasteiger partial charge in [0.05, 0.1) is 5.56 Å². The molecule has 1 N–H and O–H groups in total. The van der Waals surface area contributed by atoms with Crippen LogP contribution in [-0.2, 0) is 16.4 Å². The molecule has 0 radical (unpaired) electrons. The predicted octanol–water partition coefficient (Wildman–Crippen LogP) is 6.05. The maximum atomic E-state index is 12.8. The summed E-state index contributed by atoms with van der Waals surface area (Å²) in [5, 5.41) is 2.42. The number of carbonyl (C=O) groups excluding carboxylic acids is 1. The Labute approximate surface area is 173 Å². The highest BCUT2D eigenvalue weighted by molar-refractivity contribution is 5.91. The Balaban J connectivity index is 1.60. The summed E-state index contributed by atoms with van der Waals surface area (Å²) >= 11 is 0. The molecular weight excluding hydrogens is 391 g/mol. The van der Waals surface area contributed by atoms with Gasteiger partial charge in [-0.3, -0.25) is 4.79 Å². The van der Waals surface area contributed by atoms with E-state index >= 15 is 0 Å². The number of benzene rings is 3. The molecule has 1 amide bonds. The average Bonchev–Trinajstić information content (AvgIpc) is 2.73. The fourth-order valence-electron chi connectivity index (χ4n) is 3.11. The number of ether oxygens (including phenoxy) is 1. The third-order valence-corrected chi connectivity index (χ3v) is 4.92. The van der Waals surface area contributed by atoms with Gasteiger partial charge >= 0.3 is 6.18 Å². The Hall–Kier alpha value is -3.28. The van der Waals surface area contributed by atoms with Crippen LogP contribution in [0.15, 0.2) is 78.9 Å². The lowest BCUT2D eigenvalue weighted by Gasteiger charge is -2.26. The zero-order valence-corrected chi connectivity index (χ0v) is 16.7. The molecule has 0 saturated heterocycles. The number of amides is 1. The van der Waals surface area contributed by atoms with Crippen LogP contribution in [0.25, 0.3) is 0 Å². The molecule has 0 aliphatic rings. The molecule has 0 aliphatic carbocycles. The number of hydrogen-bond acceptors (Lipinski definition) is 2. The van der Waals surface area contributed by atoms with E-state index in [9.17, 15) is 18.0 Å². The molecule has 0 atom stereocenters. The predicted molar refractivity (Wildman–Crippen MR) is 111 cm³/mol. The lowest BCUT2D eigenvalue weighted by Crippen LogP contribution is -2.21. The summed E-state index contributed by atoms with van der Waals surface area (Å²) in [4.78, 5) is 12.0. The fourth-order valence-corrected chi connectivity index (χ4v) is 3.11. The van der Waals surface area contributed by atoms with Crippen LogP contribution in [0.4, 0.5) is 18.9 Å². The second-order valence-electron chi connectivity index (χ2n) is 7.43. The molecule has 3 aromatic rings. The Morgan fingerprint density at radius 3 is 2.07 bits per heavy atom. The maximum Gasteiger partial charge on any atom is 0.416 e. The Morgan fingerprint density at radius 2 is 1.43 bits per heavy atom. The molecule has 6 heteroatoms. The minimum atomic E-state index is -4.47. The monoisotopic (exact) mass is 413 g/mol. The fraction of sp³-hybridized carbons (Fsp3) is 0.208. The Morgan fingerprint density at radius 1 is 0.833 bits per heavy atom. The van der Waals surface area contributed by atoms with Crippen LogP contribution in [0, 0.1) is 0 Å². The number of rotatable bonds is 6. The molecule has 30 heavy (non-hydrogen) atoms. The van der Waals surface area contributed by atoms with E-state index in [-0.39, 0.29) is 17.7 Å². The van der Waals surface area contributed by atoms with E-state index in [2.05, 4.69) is 31.3 Å². The molecule has 3 rings (SSSR count). The first-order valence-corrected chi connectivity index (χ1v) is 9.42. The number of alkyl halides is 3. The minimum Gasteiger partial charge on any atom is -0.484 e. The summed E-state index contributed by atoms with van der Waals surface area (Å²) in [6.07, 6.45) is -4.47. The Bertz CT molecular complexity index is 997. The number of anilines is 1. The summed E-state index contributed by atoms with van der Waals surface area (Å²) in [7, 11) is 0. The summed E-state index contributed by atoms with van der Waals surface area (Å²) in [5.74, 6) is -0.0372. The lowest BCUT2D eigenvalue weighted by molar-refractivity contribution is -0.137. The van der Waals surface area contributed by atoms with Crippen LogP contribution in [0.1, 0.15) is 30.5 Å². The number of halogens is 3. The highest BCUT2D eigenvalue weighted by atomic mass is 19.4. The largest absolute Gasteiger partial charge is 0.484 e. The van der Waals surface area contributed by atoms with Crippen molar-refractivity contribution >= 4 is 11.6 Å². The topological polar surface area (TPSA) is 38.3 Å². The maximum absolute atomic E-state index is 12.8. The molecule has 0 aromatic heterocycles. The van der Waals surface area contributed by atoms with Gasteiger partial charge in [0.2, 0.25) is 0 Å². The second kappa shape index (κ2) is 8.61. The van der Waals surface area contributed by atoms with Crippen molar-refractivity contribution in [2.24, 2.45) is 0 Å². The minimum absolute atomic E-state index is 0.0679. The van der Waals surface area contributed by atoms with E-state index in [1.165, 1.54) is 17.7 Å². The molecule has 3 aromatic carbocycles. The van der Waals surface area contributed by atoms with Gasteiger partial charge in [-0.05, 0) is 41.5 Å². The zero-order chi connectivity index (χ0) is 21.8. The van der Waals surface area contributed by atoms with E-state index in [4.69, 9.17) is 4.74 Å². The van der Waals surface area contributed by atoms with Crippen molar-refractivity contribution in [2.45, 2.75) is 25.4 Å². The number of hydrogen-bond donors (Lipinski definition) is 1. The first-order chi connectivity index (χ1) is 14.2. The SMILES string of the molecule is CC(C)(c1ccccc1)c1ccc(OCC(=O)Nc2cccc(C(F)(F)F)c2)cc1. The van der Waals surface area contributed by atoms with Gasteiger partial charge in [-0.2, -0.15) is 13.2 Å². The third-order valence-electron chi connectivity index (χ3n) is 4.92. The van der Waals surface area contributed by atoms with E-state index in [1.54, 1.807) is 12.1 Å². The van der Waals surface area contributed by atoms with Crippen molar-refractivity contribution < 1.29 is 22.7 Å². The van der Waals surface area contributed by atoms with Crippen LogP contribution in [-0.4, -0.2) is 12.5 Å². The lowest BCUT2D eigenvalue weighted by atomic mass is 9.78. The summed E-state index contributed by atoms with van der Waals surface area (Å²) in [6.45, 7) is 3.94. The highest BCUT2D eigenvalue weighted by Crippen LogP contribution is 2.32. The molecule has 0 unspecified atom stereocenters. The van der Waals surface area contributed by atoms with Crippen LogP contribution < -0.4 is 10.1 Å². The molecular formula is C24H22F3NO2. The zero-order valence-electron chi connectivity index (χ0n) is 16.7. The summed E-state index contributed by atoms with van der Waals surface area (Å²) in [5.41, 5.74) is 1.32. The molecule has 156 valence electrons. The number of nitrogens with one attached hydrogen (secondary N) is 1. The van der Waals surface area contributed by atoms with Crippen molar-refractivity contribution in [1.82, 2.24) is 0 Å². The molecule has 3 nitrogen and oxygen atoms in total. The van der Waals surface area contributed by atoms with Gasteiger partial charge in [0.15, 0.2) is 6.61 Å². The van der Waals surface area contributed by atoms with Gasteiger partial charge < -0.3 is 10.1 Å². The Kier molecular flexibility index (Phi) is 6.15. The number of carbonyl (C=O) groups is 1. The quantitative estimate of drug-likeness (QED) is 0.534. The average molecular weight is 413 g/mol. The molecule has 0 bridgehead atoms. The van der Waals surface area contributed by atoms with Crippen molar-refractivity contribution in [2.75, 3.05) is 11.9 Å². The molecule has 0 heterocycles.